The lowest BCUT2D eigenvalue weighted by atomic mass is 10.1. The Balaban J connectivity index is 1.79. The van der Waals surface area contributed by atoms with Gasteiger partial charge in [0.2, 0.25) is 5.91 Å². The second-order valence-corrected chi connectivity index (χ2v) is 10.5. The van der Waals surface area contributed by atoms with Crippen molar-refractivity contribution in [3.63, 3.8) is 0 Å². The van der Waals surface area contributed by atoms with Gasteiger partial charge in [-0.15, -0.1) is 11.8 Å². The quantitative estimate of drug-likeness (QED) is 0.578. The number of carbonyl (C=O) groups excluding carboxylic acids is 2. The van der Waals surface area contributed by atoms with Gasteiger partial charge < -0.3 is 9.64 Å². The number of aromatic nitrogens is 1. The third-order valence-electron chi connectivity index (χ3n) is 4.83. The van der Waals surface area contributed by atoms with Crippen LogP contribution < -0.4 is 0 Å². The molecule has 1 fully saturated rings. The van der Waals surface area contributed by atoms with Crippen LogP contribution in [0.25, 0.3) is 0 Å². The first kappa shape index (κ1) is 23.6. The minimum absolute atomic E-state index is 0.0909. The van der Waals surface area contributed by atoms with Gasteiger partial charge in [0.05, 0.1) is 0 Å². The summed E-state index contributed by atoms with van der Waals surface area (Å²) in [7, 11) is 1.77. The molecular formula is C23H28BrN3O3S. The SMILES string of the molecule is CN(CCc1ccccn1)C(=O)C1CSC(c2cccc(Br)c2)N1C(=O)OC(C)(C)C. The summed E-state index contributed by atoms with van der Waals surface area (Å²) in [6.45, 7) is 6.02. The van der Waals surface area contributed by atoms with Gasteiger partial charge in [-0.1, -0.05) is 34.1 Å². The minimum Gasteiger partial charge on any atom is -0.444 e. The van der Waals surface area contributed by atoms with Crippen LogP contribution >= 0.6 is 27.7 Å². The summed E-state index contributed by atoms with van der Waals surface area (Å²) in [5, 5.41) is -0.287. The number of thioether (sulfide) groups is 1. The molecule has 1 aromatic heterocycles. The highest BCUT2D eigenvalue weighted by Crippen LogP contribution is 2.43. The topological polar surface area (TPSA) is 62.7 Å². The van der Waals surface area contributed by atoms with E-state index < -0.39 is 17.7 Å². The highest BCUT2D eigenvalue weighted by molar-refractivity contribution is 9.10. The van der Waals surface area contributed by atoms with E-state index in [1.165, 1.54) is 0 Å². The van der Waals surface area contributed by atoms with Crippen molar-refractivity contribution >= 4 is 39.7 Å². The maximum Gasteiger partial charge on any atom is 0.412 e. The number of halogens is 1. The maximum absolute atomic E-state index is 13.3. The van der Waals surface area contributed by atoms with Crippen LogP contribution in [0.2, 0.25) is 0 Å². The molecule has 3 rings (SSSR count). The number of pyridine rings is 1. The normalized spacial score (nSPS) is 18.7. The van der Waals surface area contributed by atoms with E-state index >= 15 is 0 Å². The van der Waals surface area contributed by atoms with E-state index in [-0.39, 0.29) is 11.3 Å². The Morgan fingerprint density at radius 2 is 2.03 bits per heavy atom. The number of amides is 2. The van der Waals surface area contributed by atoms with Crippen LogP contribution in [0, 0.1) is 0 Å². The number of nitrogens with zero attached hydrogens (tertiary/aromatic N) is 3. The smallest absolute Gasteiger partial charge is 0.412 e. The molecule has 1 aliphatic heterocycles. The standard InChI is InChI=1S/C23H28BrN3O3S/c1-23(2,3)30-22(29)27-19(15-31-21(27)16-8-7-9-17(24)14-16)20(28)26(4)13-11-18-10-5-6-12-25-18/h5-10,12,14,19,21H,11,13,15H2,1-4H3. The highest BCUT2D eigenvalue weighted by atomic mass is 79.9. The number of likely N-dealkylation sites (N-methyl/N-ethyl adjacent to an activating group) is 1. The average molecular weight is 506 g/mol. The fourth-order valence-electron chi connectivity index (χ4n) is 3.34. The maximum atomic E-state index is 13.3. The van der Waals surface area contributed by atoms with Crippen molar-refractivity contribution in [3.8, 4) is 0 Å². The molecule has 0 N–H and O–H groups in total. The summed E-state index contributed by atoms with van der Waals surface area (Å²) in [6, 6.07) is 13.0. The molecule has 8 heteroatoms. The van der Waals surface area contributed by atoms with Gasteiger partial charge in [0, 0.05) is 42.1 Å². The molecular weight excluding hydrogens is 478 g/mol. The van der Waals surface area contributed by atoms with Gasteiger partial charge >= 0.3 is 6.09 Å². The van der Waals surface area contributed by atoms with E-state index in [9.17, 15) is 9.59 Å². The lowest BCUT2D eigenvalue weighted by Gasteiger charge is -2.33. The monoisotopic (exact) mass is 505 g/mol. The van der Waals surface area contributed by atoms with Gasteiger partial charge in [-0.25, -0.2) is 4.79 Å². The van der Waals surface area contributed by atoms with Crippen LogP contribution in [0.5, 0.6) is 0 Å². The van der Waals surface area contributed by atoms with Crippen LogP contribution in [0.1, 0.15) is 37.4 Å². The largest absolute Gasteiger partial charge is 0.444 e. The molecule has 0 bridgehead atoms. The van der Waals surface area contributed by atoms with Crippen LogP contribution in [0.15, 0.2) is 53.1 Å². The van der Waals surface area contributed by atoms with E-state index in [0.717, 1.165) is 15.7 Å². The summed E-state index contributed by atoms with van der Waals surface area (Å²) < 4.78 is 6.60. The van der Waals surface area contributed by atoms with Crippen molar-refractivity contribution in [2.24, 2.45) is 0 Å². The van der Waals surface area contributed by atoms with Crippen molar-refractivity contribution in [1.82, 2.24) is 14.8 Å². The summed E-state index contributed by atoms with van der Waals surface area (Å²) in [6.07, 6.45) is 1.93. The van der Waals surface area contributed by atoms with Gasteiger partial charge in [0.15, 0.2) is 0 Å². The van der Waals surface area contributed by atoms with Crippen molar-refractivity contribution in [3.05, 3.63) is 64.4 Å². The predicted octanol–water partition coefficient (Wildman–Crippen LogP) is 4.90. The first-order valence-electron chi connectivity index (χ1n) is 10.2. The van der Waals surface area contributed by atoms with Crippen LogP contribution in [0.3, 0.4) is 0 Å². The molecule has 0 aliphatic carbocycles. The van der Waals surface area contributed by atoms with Crippen LogP contribution in [0.4, 0.5) is 4.79 Å². The molecule has 6 nitrogen and oxygen atoms in total. The number of benzene rings is 1. The fourth-order valence-corrected chi connectivity index (χ4v) is 5.16. The third-order valence-corrected chi connectivity index (χ3v) is 6.65. The van der Waals surface area contributed by atoms with E-state index in [1.807, 2.05) is 63.2 Å². The van der Waals surface area contributed by atoms with Gasteiger partial charge in [-0.2, -0.15) is 0 Å². The molecule has 166 valence electrons. The van der Waals surface area contributed by atoms with E-state index in [1.54, 1.807) is 34.8 Å². The molecule has 2 heterocycles. The Hall–Kier alpha value is -2.06. The van der Waals surface area contributed by atoms with Crippen LogP contribution in [-0.4, -0.2) is 57.8 Å². The summed E-state index contributed by atoms with van der Waals surface area (Å²) in [5.41, 5.74) is 1.24. The van der Waals surface area contributed by atoms with Gasteiger partial charge in [0.1, 0.15) is 17.0 Å². The lowest BCUT2D eigenvalue weighted by Crippen LogP contribution is -2.50. The molecule has 2 atom stereocenters. The Labute approximate surface area is 196 Å². The van der Waals surface area contributed by atoms with Crippen LogP contribution in [-0.2, 0) is 16.0 Å². The summed E-state index contributed by atoms with van der Waals surface area (Å²) in [4.78, 5) is 34.1. The zero-order valence-electron chi connectivity index (χ0n) is 18.2. The fraction of sp³-hybridized carbons (Fsp3) is 0.435. The second-order valence-electron chi connectivity index (χ2n) is 8.47. The van der Waals surface area contributed by atoms with Crippen molar-refractivity contribution < 1.29 is 14.3 Å². The Kier molecular flexibility index (Phi) is 7.64. The van der Waals surface area contributed by atoms with Crippen molar-refractivity contribution in [1.29, 1.82) is 0 Å². The molecule has 1 aromatic carbocycles. The Morgan fingerprint density at radius 1 is 1.26 bits per heavy atom. The van der Waals surface area contributed by atoms with Crippen molar-refractivity contribution in [2.45, 2.75) is 44.2 Å². The lowest BCUT2D eigenvalue weighted by molar-refractivity contribution is -0.134. The molecule has 31 heavy (non-hydrogen) atoms. The number of hydrogen-bond acceptors (Lipinski definition) is 5. The summed E-state index contributed by atoms with van der Waals surface area (Å²) >= 11 is 5.08. The molecule has 2 unspecified atom stereocenters. The number of ether oxygens (including phenoxy) is 1. The van der Waals surface area contributed by atoms with E-state index in [4.69, 9.17) is 4.74 Å². The zero-order chi connectivity index (χ0) is 22.6. The van der Waals surface area contributed by atoms with E-state index in [2.05, 4.69) is 20.9 Å². The average Bonchev–Trinajstić information content (AvgIpc) is 3.16. The molecule has 0 saturated carbocycles. The molecule has 2 aromatic rings. The highest BCUT2D eigenvalue weighted by Gasteiger charge is 2.45. The number of hydrogen-bond donors (Lipinski definition) is 0. The van der Waals surface area contributed by atoms with Crippen molar-refractivity contribution in [2.75, 3.05) is 19.3 Å². The van der Waals surface area contributed by atoms with Gasteiger partial charge in [-0.05, 0) is 50.6 Å². The number of carbonyl (C=O) groups is 2. The predicted molar refractivity (Wildman–Crippen MR) is 127 cm³/mol. The Morgan fingerprint density at radius 3 is 2.68 bits per heavy atom. The minimum atomic E-state index is -0.648. The first-order chi connectivity index (χ1) is 14.7. The molecule has 1 aliphatic rings. The molecule has 0 spiro atoms. The van der Waals surface area contributed by atoms with Gasteiger partial charge in [-0.3, -0.25) is 14.7 Å². The first-order valence-corrected chi connectivity index (χ1v) is 12.0. The third kappa shape index (κ3) is 6.23. The Bertz CT molecular complexity index is 920. The van der Waals surface area contributed by atoms with E-state index in [0.29, 0.717) is 18.7 Å². The molecule has 2 amide bonds. The second kappa shape index (κ2) is 10.0. The zero-order valence-corrected chi connectivity index (χ0v) is 20.6. The summed E-state index contributed by atoms with van der Waals surface area (Å²) in [5.74, 6) is 0.426. The van der Waals surface area contributed by atoms with Gasteiger partial charge in [0.25, 0.3) is 0 Å². The molecule has 0 radical (unpaired) electrons. The molecule has 1 saturated heterocycles. The number of rotatable bonds is 5.